The predicted molar refractivity (Wildman–Crippen MR) is 131 cm³/mol. The Morgan fingerprint density at radius 1 is 1.21 bits per heavy atom. The van der Waals surface area contributed by atoms with Gasteiger partial charge in [0.15, 0.2) is 6.10 Å². The van der Waals surface area contributed by atoms with Crippen LogP contribution >= 0.6 is 15.9 Å². The van der Waals surface area contributed by atoms with E-state index in [0.717, 1.165) is 28.6 Å². The molecule has 3 aromatic rings. The van der Waals surface area contributed by atoms with E-state index in [2.05, 4.69) is 45.8 Å². The molecule has 1 amide bonds. The Labute approximate surface area is 206 Å². The van der Waals surface area contributed by atoms with Crippen LogP contribution in [0.25, 0.3) is 0 Å². The fourth-order valence-electron chi connectivity index (χ4n) is 4.65. The van der Waals surface area contributed by atoms with Crippen molar-refractivity contribution in [3.05, 3.63) is 91.3 Å². The first-order chi connectivity index (χ1) is 16.3. The minimum Gasteiger partial charge on any atom is -0.378 e. The van der Waals surface area contributed by atoms with Gasteiger partial charge in [-0.15, -0.1) is 0 Å². The molecule has 7 nitrogen and oxygen atoms in total. The first-order valence-electron chi connectivity index (χ1n) is 11.6. The number of nitrogens with zero attached hydrogens (tertiary/aromatic N) is 3. The molecule has 1 aliphatic carbocycles. The Kier molecular flexibility index (Phi) is 5.90. The number of rotatable bonds is 5. The van der Waals surface area contributed by atoms with Gasteiger partial charge in [0.05, 0.1) is 23.2 Å². The maximum absolute atomic E-state index is 13.1. The molecule has 0 spiro atoms. The molecule has 176 valence electrons. The molecule has 0 radical (unpaired) electrons. The number of fused-ring (bicyclic) bond motifs is 1. The van der Waals surface area contributed by atoms with Crippen molar-refractivity contribution in [1.82, 2.24) is 19.9 Å². The molecule has 0 saturated heterocycles. The molecule has 1 aromatic carbocycles. The smallest absolute Gasteiger partial charge is 0.256 e. The molecule has 2 N–H and O–H groups in total. The molecule has 0 unspecified atom stereocenters. The first kappa shape index (κ1) is 22.9. The first-order valence-corrected chi connectivity index (χ1v) is 12.4. The van der Waals surface area contributed by atoms with E-state index in [9.17, 15) is 14.7 Å². The van der Waals surface area contributed by atoms with Crippen molar-refractivity contribution in [2.24, 2.45) is 0 Å². The third kappa shape index (κ3) is 4.09. The highest BCUT2D eigenvalue weighted by atomic mass is 79.9. The predicted octanol–water partition coefficient (Wildman–Crippen LogP) is 3.75. The second-order valence-electron chi connectivity index (χ2n) is 9.55. The number of pyridine rings is 1. The average Bonchev–Trinajstić information content (AvgIpc) is 3.65. The summed E-state index contributed by atoms with van der Waals surface area (Å²) >= 11 is 3.37. The lowest BCUT2D eigenvalue weighted by Gasteiger charge is -2.30. The Hall–Kier alpha value is -2.84. The van der Waals surface area contributed by atoms with Gasteiger partial charge in [-0.3, -0.25) is 14.6 Å². The van der Waals surface area contributed by atoms with Crippen molar-refractivity contribution in [3.8, 4) is 0 Å². The molecule has 2 aliphatic rings. The lowest BCUT2D eigenvalue weighted by atomic mass is 9.92. The third-order valence-corrected chi connectivity index (χ3v) is 7.45. The van der Waals surface area contributed by atoms with E-state index in [1.165, 1.54) is 10.5 Å². The van der Waals surface area contributed by atoms with Crippen LogP contribution in [0.5, 0.6) is 0 Å². The summed E-state index contributed by atoms with van der Waals surface area (Å²) in [5.74, 6) is 0.644. The van der Waals surface area contributed by atoms with Gasteiger partial charge >= 0.3 is 0 Å². The molecule has 5 rings (SSSR count). The van der Waals surface area contributed by atoms with Gasteiger partial charge in [0.25, 0.3) is 11.5 Å². The third-order valence-electron chi connectivity index (χ3n) is 6.96. The SMILES string of the molecule is CC(C)c1cncc(C2(c3nc4c(c(=O)[nH]3)CN(C(=O)[C@H](O)c3cccc(Br)c3)CC4)CC2)c1. The number of aliphatic hydroxyl groups is 1. The molecule has 1 fully saturated rings. The van der Waals surface area contributed by atoms with Crippen LogP contribution in [0.15, 0.2) is 52.0 Å². The summed E-state index contributed by atoms with van der Waals surface area (Å²) in [5, 5.41) is 10.6. The molecule has 8 heteroatoms. The lowest BCUT2D eigenvalue weighted by molar-refractivity contribution is -0.141. The number of aromatic nitrogens is 3. The van der Waals surface area contributed by atoms with Crippen LogP contribution in [0.1, 0.15) is 72.5 Å². The van der Waals surface area contributed by atoms with Gasteiger partial charge in [-0.05, 0) is 47.6 Å². The van der Waals surface area contributed by atoms with Gasteiger partial charge in [0.1, 0.15) is 5.82 Å². The minimum atomic E-state index is -1.28. The van der Waals surface area contributed by atoms with E-state index >= 15 is 0 Å². The largest absolute Gasteiger partial charge is 0.378 e. The monoisotopic (exact) mass is 522 g/mol. The number of benzene rings is 1. The fourth-order valence-corrected chi connectivity index (χ4v) is 5.07. The fraction of sp³-hybridized carbons (Fsp3) is 0.385. The number of carbonyl (C=O) groups excluding carboxylic acids is 1. The summed E-state index contributed by atoms with van der Waals surface area (Å²) in [7, 11) is 0. The number of carbonyl (C=O) groups is 1. The second-order valence-corrected chi connectivity index (χ2v) is 10.5. The molecule has 1 saturated carbocycles. The molecule has 0 bridgehead atoms. The Balaban J connectivity index is 1.40. The van der Waals surface area contributed by atoms with Gasteiger partial charge in [0.2, 0.25) is 0 Å². The highest BCUT2D eigenvalue weighted by molar-refractivity contribution is 9.10. The summed E-state index contributed by atoms with van der Waals surface area (Å²) in [5.41, 5.74) is 3.49. The molecule has 3 heterocycles. The number of amides is 1. The highest BCUT2D eigenvalue weighted by Gasteiger charge is 2.49. The molecular weight excluding hydrogens is 496 g/mol. The normalized spacial score (nSPS) is 17.4. The van der Waals surface area contributed by atoms with Gasteiger partial charge in [-0.1, -0.05) is 48.0 Å². The Morgan fingerprint density at radius 2 is 2.00 bits per heavy atom. The van der Waals surface area contributed by atoms with Crippen LogP contribution in [-0.4, -0.2) is 37.4 Å². The summed E-state index contributed by atoms with van der Waals surface area (Å²) in [6.07, 6.45) is 4.80. The van der Waals surface area contributed by atoms with Crippen LogP contribution in [-0.2, 0) is 23.2 Å². The van der Waals surface area contributed by atoms with E-state index in [-0.39, 0.29) is 17.5 Å². The highest BCUT2D eigenvalue weighted by Crippen LogP contribution is 2.52. The standard InChI is InChI=1S/C26H27BrN4O3/c1-15(2)17-10-18(13-28-12-17)26(7-8-26)25-29-21-6-9-31(14-20(21)23(33)30-25)24(34)22(32)16-4-3-5-19(27)11-16/h3-5,10-13,15,22,32H,6-9,14H2,1-2H3,(H,29,30,33)/t22-/m1/s1. The number of halogens is 1. The Morgan fingerprint density at radius 3 is 2.71 bits per heavy atom. The number of nitrogens with one attached hydrogen (secondary N) is 1. The topological polar surface area (TPSA) is 99.2 Å². The number of aliphatic hydroxyl groups excluding tert-OH is 1. The minimum absolute atomic E-state index is 0.138. The van der Waals surface area contributed by atoms with Crippen molar-refractivity contribution >= 4 is 21.8 Å². The van der Waals surface area contributed by atoms with Crippen LogP contribution in [0.2, 0.25) is 0 Å². The molecule has 1 atom stereocenters. The zero-order chi connectivity index (χ0) is 24.0. The summed E-state index contributed by atoms with van der Waals surface area (Å²) in [4.78, 5) is 39.9. The quantitative estimate of drug-likeness (QED) is 0.531. The number of hydrogen-bond donors (Lipinski definition) is 2. The Bertz CT molecular complexity index is 1320. The maximum Gasteiger partial charge on any atom is 0.256 e. The number of hydrogen-bond acceptors (Lipinski definition) is 5. The second kappa shape index (κ2) is 8.74. The van der Waals surface area contributed by atoms with Gasteiger partial charge in [-0.2, -0.15) is 0 Å². The van der Waals surface area contributed by atoms with Gasteiger partial charge in [0, 0.05) is 29.8 Å². The van der Waals surface area contributed by atoms with Crippen molar-refractivity contribution in [1.29, 1.82) is 0 Å². The van der Waals surface area contributed by atoms with E-state index in [4.69, 9.17) is 4.98 Å². The van der Waals surface area contributed by atoms with Crippen molar-refractivity contribution in [2.75, 3.05) is 6.54 Å². The molecule has 1 aliphatic heterocycles. The number of aromatic amines is 1. The van der Waals surface area contributed by atoms with Crippen LogP contribution in [0, 0.1) is 0 Å². The van der Waals surface area contributed by atoms with Crippen molar-refractivity contribution in [3.63, 3.8) is 0 Å². The molecule has 34 heavy (non-hydrogen) atoms. The zero-order valence-corrected chi connectivity index (χ0v) is 20.8. The maximum atomic E-state index is 13.1. The average molecular weight is 523 g/mol. The summed E-state index contributed by atoms with van der Waals surface area (Å²) in [6, 6.07) is 9.22. The van der Waals surface area contributed by atoms with Gasteiger partial charge in [-0.25, -0.2) is 4.98 Å². The lowest BCUT2D eigenvalue weighted by Crippen LogP contribution is -2.42. The zero-order valence-electron chi connectivity index (χ0n) is 19.2. The van der Waals surface area contributed by atoms with E-state index in [1.807, 2.05) is 18.5 Å². The van der Waals surface area contributed by atoms with E-state index < -0.39 is 12.0 Å². The molecular formula is C26H27BrN4O3. The van der Waals surface area contributed by atoms with Gasteiger partial charge < -0.3 is 15.0 Å². The molecule has 2 aromatic heterocycles. The number of H-pyrrole nitrogens is 1. The van der Waals surface area contributed by atoms with Crippen molar-refractivity contribution in [2.45, 2.75) is 57.1 Å². The van der Waals surface area contributed by atoms with Crippen LogP contribution in [0.4, 0.5) is 0 Å². The van der Waals surface area contributed by atoms with Crippen LogP contribution < -0.4 is 5.56 Å². The van der Waals surface area contributed by atoms with Crippen molar-refractivity contribution < 1.29 is 9.90 Å². The summed E-state index contributed by atoms with van der Waals surface area (Å²) < 4.78 is 0.789. The van der Waals surface area contributed by atoms with Crippen LogP contribution in [0.3, 0.4) is 0 Å². The van der Waals surface area contributed by atoms with E-state index in [0.29, 0.717) is 35.8 Å². The summed E-state index contributed by atoms with van der Waals surface area (Å²) in [6.45, 7) is 4.82. The van der Waals surface area contributed by atoms with E-state index in [1.54, 1.807) is 18.2 Å².